The van der Waals surface area contributed by atoms with Crippen molar-refractivity contribution < 1.29 is 23.9 Å². The van der Waals surface area contributed by atoms with E-state index < -0.39 is 24.7 Å². The van der Waals surface area contributed by atoms with E-state index in [1.165, 1.54) is 0 Å². The van der Waals surface area contributed by atoms with Crippen LogP contribution in [0.4, 0.5) is 13.6 Å². The summed E-state index contributed by atoms with van der Waals surface area (Å²) in [6, 6.07) is -1.05. The highest BCUT2D eigenvalue weighted by Gasteiger charge is 2.50. The van der Waals surface area contributed by atoms with Crippen LogP contribution in [0, 0.1) is 0 Å². The molecule has 0 aliphatic carbocycles. The van der Waals surface area contributed by atoms with E-state index in [0.717, 1.165) is 7.05 Å². The lowest BCUT2D eigenvalue weighted by Gasteiger charge is -2.37. The zero-order chi connectivity index (χ0) is 9.52. The molecule has 7 heteroatoms. The third-order valence-electron chi connectivity index (χ3n) is 1.58. The Balaban J connectivity index is 2.85. The number of carbonyl (C=O) groups is 1. The number of aliphatic hydroxyl groups is 1. The first-order valence-electron chi connectivity index (χ1n) is 3.15. The van der Waals surface area contributed by atoms with Gasteiger partial charge in [-0.3, -0.25) is 5.21 Å². The molecule has 1 rings (SSSR count). The number of amides is 2. The van der Waals surface area contributed by atoms with Gasteiger partial charge in [0.2, 0.25) is 6.23 Å². The summed E-state index contributed by atoms with van der Waals surface area (Å²) in [4.78, 5) is 11.3. The maximum atomic E-state index is 12.6. The quantitative estimate of drug-likeness (QED) is 0.505. The third kappa shape index (κ3) is 1.21. The number of aliphatic hydroxyl groups excluding tert-OH is 1. The van der Waals surface area contributed by atoms with Gasteiger partial charge in [0.05, 0.1) is 6.54 Å². The van der Waals surface area contributed by atoms with Crippen LogP contribution in [0.25, 0.3) is 0 Å². The molecule has 2 amide bonds. The molecule has 0 aromatic carbocycles. The number of hydroxylamine groups is 2. The fourth-order valence-corrected chi connectivity index (χ4v) is 0.924. The second kappa shape index (κ2) is 2.53. The second-order valence-electron chi connectivity index (χ2n) is 2.62. The average Bonchev–Trinajstić information content (AvgIpc) is 1.97. The molecule has 1 heterocycles. The van der Waals surface area contributed by atoms with Gasteiger partial charge >= 0.3 is 12.0 Å². The van der Waals surface area contributed by atoms with Gasteiger partial charge in [-0.05, 0) is 0 Å². The SMILES string of the molecule is CN1CC(F)(F)C(O)N(O)C1=O. The zero-order valence-corrected chi connectivity index (χ0v) is 6.24. The van der Waals surface area contributed by atoms with Crippen molar-refractivity contribution in [3.63, 3.8) is 0 Å². The fraction of sp³-hybridized carbons (Fsp3) is 0.800. The number of carbonyl (C=O) groups excluding carboxylic acids is 1. The van der Waals surface area contributed by atoms with Gasteiger partial charge in [0, 0.05) is 7.05 Å². The van der Waals surface area contributed by atoms with Crippen molar-refractivity contribution in [2.24, 2.45) is 0 Å². The Morgan fingerprint density at radius 3 is 2.67 bits per heavy atom. The monoisotopic (exact) mass is 182 g/mol. The summed E-state index contributed by atoms with van der Waals surface area (Å²) in [7, 11) is 1.10. The first kappa shape index (κ1) is 9.14. The van der Waals surface area contributed by atoms with E-state index in [4.69, 9.17) is 10.3 Å². The predicted octanol–water partition coefficient (Wildman–Crippen LogP) is -0.303. The Morgan fingerprint density at radius 1 is 1.67 bits per heavy atom. The Hall–Kier alpha value is -0.950. The van der Waals surface area contributed by atoms with E-state index in [1.807, 2.05) is 0 Å². The molecule has 5 nitrogen and oxygen atoms in total. The number of rotatable bonds is 0. The van der Waals surface area contributed by atoms with E-state index in [0.29, 0.717) is 4.90 Å². The Kier molecular flexibility index (Phi) is 1.92. The highest BCUT2D eigenvalue weighted by Crippen LogP contribution is 2.26. The first-order chi connectivity index (χ1) is 5.36. The third-order valence-corrected chi connectivity index (χ3v) is 1.58. The molecule has 1 fully saturated rings. The molecule has 0 radical (unpaired) electrons. The van der Waals surface area contributed by atoms with Gasteiger partial charge in [0.25, 0.3) is 0 Å². The molecule has 1 aliphatic heterocycles. The predicted molar refractivity (Wildman–Crippen MR) is 32.6 cm³/mol. The molecule has 1 aliphatic rings. The summed E-state index contributed by atoms with van der Waals surface area (Å²) in [6.07, 6.45) is -2.46. The van der Waals surface area contributed by atoms with E-state index in [-0.39, 0.29) is 5.06 Å². The van der Waals surface area contributed by atoms with Crippen LogP contribution in [0.15, 0.2) is 0 Å². The Bertz CT molecular complexity index is 211. The second-order valence-corrected chi connectivity index (χ2v) is 2.62. The zero-order valence-electron chi connectivity index (χ0n) is 6.24. The summed E-state index contributed by atoms with van der Waals surface area (Å²) < 4.78 is 25.3. The van der Waals surface area contributed by atoms with E-state index in [2.05, 4.69) is 0 Å². The largest absolute Gasteiger partial charge is 0.366 e. The molecule has 12 heavy (non-hydrogen) atoms. The van der Waals surface area contributed by atoms with Gasteiger partial charge in [0.15, 0.2) is 0 Å². The molecular formula is C5H8F2N2O3. The van der Waals surface area contributed by atoms with Crippen LogP contribution in [0.5, 0.6) is 0 Å². The lowest BCUT2D eigenvalue weighted by molar-refractivity contribution is -0.267. The normalized spacial score (nSPS) is 29.4. The van der Waals surface area contributed by atoms with Crippen LogP contribution in [-0.4, -0.2) is 52.1 Å². The lowest BCUT2D eigenvalue weighted by atomic mass is 10.2. The highest BCUT2D eigenvalue weighted by molar-refractivity contribution is 5.74. The number of urea groups is 1. The van der Waals surface area contributed by atoms with Crippen molar-refractivity contribution in [1.29, 1.82) is 0 Å². The average molecular weight is 182 g/mol. The summed E-state index contributed by atoms with van der Waals surface area (Å²) in [5.41, 5.74) is 0. The molecule has 0 spiro atoms. The van der Waals surface area contributed by atoms with Crippen LogP contribution < -0.4 is 0 Å². The molecule has 1 saturated heterocycles. The smallest absolute Gasteiger partial charge is 0.346 e. The first-order valence-corrected chi connectivity index (χ1v) is 3.15. The molecule has 0 bridgehead atoms. The van der Waals surface area contributed by atoms with Gasteiger partial charge in [-0.15, -0.1) is 0 Å². The van der Waals surface area contributed by atoms with E-state index in [1.54, 1.807) is 0 Å². The van der Waals surface area contributed by atoms with Gasteiger partial charge in [-0.2, -0.15) is 13.8 Å². The number of hydrogen-bond donors (Lipinski definition) is 2. The number of hydrogen-bond acceptors (Lipinski definition) is 3. The minimum absolute atomic E-state index is 0.385. The van der Waals surface area contributed by atoms with Crippen LogP contribution in [0.3, 0.4) is 0 Å². The molecule has 0 aromatic heterocycles. The van der Waals surface area contributed by atoms with Crippen molar-refractivity contribution in [2.75, 3.05) is 13.6 Å². The minimum atomic E-state index is -3.50. The fourth-order valence-electron chi connectivity index (χ4n) is 0.924. The van der Waals surface area contributed by atoms with Crippen molar-refractivity contribution in [2.45, 2.75) is 12.2 Å². The molecule has 0 saturated carbocycles. The Labute approximate surface area is 66.7 Å². The summed E-state index contributed by atoms with van der Waals surface area (Å²) >= 11 is 0. The van der Waals surface area contributed by atoms with Crippen molar-refractivity contribution in [3.05, 3.63) is 0 Å². The van der Waals surface area contributed by atoms with Gasteiger partial charge < -0.3 is 10.0 Å². The van der Waals surface area contributed by atoms with Gasteiger partial charge in [-0.25, -0.2) is 4.79 Å². The molecular weight excluding hydrogens is 174 g/mol. The number of halogens is 2. The molecule has 1 unspecified atom stereocenters. The molecule has 2 N–H and O–H groups in total. The van der Waals surface area contributed by atoms with Crippen molar-refractivity contribution in [1.82, 2.24) is 9.96 Å². The van der Waals surface area contributed by atoms with Gasteiger partial charge in [0.1, 0.15) is 0 Å². The number of nitrogens with zero attached hydrogens (tertiary/aromatic N) is 2. The maximum Gasteiger partial charge on any atom is 0.346 e. The summed E-state index contributed by atoms with van der Waals surface area (Å²) in [5, 5.41) is 17.0. The van der Waals surface area contributed by atoms with E-state index >= 15 is 0 Å². The number of alkyl halides is 2. The van der Waals surface area contributed by atoms with Crippen molar-refractivity contribution >= 4 is 6.03 Å². The maximum absolute atomic E-state index is 12.6. The molecule has 0 aromatic rings. The van der Waals surface area contributed by atoms with Crippen molar-refractivity contribution in [3.8, 4) is 0 Å². The van der Waals surface area contributed by atoms with Gasteiger partial charge in [-0.1, -0.05) is 0 Å². The van der Waals surface area contributed by atoms with Crippen LogP contribution in [0.2, 0.25) is 0 Å². The van der Waals surface area contributed by atoms with Crippen LogP contribution in [0.1, 0.15) is 0 Å². The molecule has 70 valence electrons. The minimum Gasteiger partial charge on any atom is -0.366 e. The highest BCUT2D eigenvalue weighted by atomic mass is 19.3. The standard InChI is InChI=1S/C5H8F2N2O3/c1-8-2-5(6,7)3(10)9(12)4(8)11/h3,10,12H,2H2,1H3. The Morgan fingerprint density at radius 2 is 2.17 bits per heavy atom. The lowest BCUT2D eigenvalue weighted by Crippen LogP contribution is -2.62. The summed E-state index contributed by atoms with van der Waals surface area (Å²) in [5.74, 6) is -3.50. The molecule has 1 atom stereocenters. The summed E-state index contributed by atoms with van der Waals surface area (Å²) in [6.45, 7) is -0.899. The van der Waals surface area contributed by atoms with Crippen LogP contribution >= 0.6 is 0 Å². The van der Waals surface area contributed by atoms with E-state index in [9.17, 15) is 13.6 Å². The van der Waals surface area contributed by atoms with Crippen LogP contribution in [-0.2, 0) is 0 Å². The topological polar surface area (TPSA) is 64.0 Å².